The van der Waals surface area contributed by atoms with Crippen molar-refractivity contribution in [2.45, 2.75) is 26.9 Å². The van der Waals surface area contributed by atoms with Crippen molar-refractivity contribution in [2.75, 3.05) is 39.8 Å². The number of ether oxygens (including phenoxy) is 1. The Bertz CT molecular complexity index is 109. The van der Waals surface area contributed by atoms with Crippen molar-refractivity contribution in [2.24, 2.45) is 0 Å². The number of nitrogens with zero attached hydrogens (tertiary/aromatic N) is 1. The molecular formula is C10H24N2O. The molecule has 3 nitrogen and oxygen atoms in total. The Hall–Kier alpha value is -0.120. The van der Waals surface area contributed by atoms with Gasteiger partial charge in [0.2, 0.25) is 0 Å². The molecule has 0 saturated carbocycles. The average Bonchev–Trinajstić information content (AvgIpc) is 2.16. The van der Waals surface area contributed by atoms with Crippen molar-refractivity contribution < 1.29 is 4.74 Å². The van der Waals surface area contributed by atoms with Gasteiger partial charge in [-0.05, 0) is 20.0 Å². The Morgan fingerprint density at radius 1 is 1.38 bits per heavy atom. The van der Waals surface area contributed by atoms with Crippen molar-refractivity contribution in [3.8, 4) is 0 Å². The molecule has 0 aliphatic heterocycles. The summed E-state index contributed by atoms with van der Waals surface area (Å²) in [7, 11) is 1.77. The molecule has 0 fully saturated rings. The normalized spacial score (nSPS) is 13.6. The zero-order valence-corrected chi connectivity index (χ0v) is 9.47. The molecule has 0 aromatic heterocycles. The number of rotatable bonds is 8. The van der Waals surface area contributed by atoms with Crippen LogP contribution in [0.25, 0.3) is 0 Å². The number of hydrogen-bond acceptors (Lipinski definition) is 3. The summed E-state index contributed by atoms with van der Waals surface area (Å²) in [5.74, 6) is 0. The number of nitrogens with one attached hydrogen (secondary N) is 1. The summed E-state index contributed by atoms with van der Waals surface area (Å²) >= 11 is 0. The van der Waals surface area contributed by atoms with E-state index in [0.717, 1.165) is 32.7 Å². The van der Waals surface area contributed by atoms with E-state index in [1.165, 1.54) is 0 Å². The van der Waals surface area contributed by atoms with Gasteiger partial charge in [-0.2, -0.15) is 0 Å². The third-order valence-corrected chi connectivity index (χ3v) is 2.22. The van der Waals surface area contributed by atoms with Crippen LogP contribution >= 0.6 is 0 Å². The van der Waals surface area contributed by atoms with Crippen LogP contribution in [-0.4, -0.2) is 50.8 Å². The van der Waals surface area contributed by atoms with Gasteiger partial charge in [0.15, 0.2) is 0 Å². The molecule has 0 spiro atoms. The number of likely N-dealkylation sites (N-methyl/N-ethyl adjacent to an activating group) is 2. The van der Waals surface area contributed by atoms with Crippen LogP contribution in [0.15, 0.2) is 0 Å². The first kappa shape index (κ1) is 12.9. The van der Waals surface area contributed by atoms with Gasteiger partial charge in [-0.3, -0.25) is 4.90 Å². The molecule has 3 heteroatoms. The van der Waals surface area contributed by atoms with Crippen LogP contribution in [0.5, 0.6) is 0 Å². The predicted octanol–water partition coefficient (Wildman–Crippen LogP) is 0.953. The van der Waals surface area contributed by atoms with Gasteiger partial charge in [-0.1, -0.05) is 13.8 Å². The Morgan fingerprint density at radius 2 is 2.08 bits per heavy atom. The summed E-state index contributed by atoms with van der Waals surface area (Å²) in [6, 6.07) is 0. The van der Waals surface area contributed by atoms with Crippen LogP contribution in [0, 0.1) is 0 Å². The van der Waals surface area contributed by atoms with Gasteiger partial charge in [0, 0.05) is 26.7 Å². The Kier molecular flexibility index (Phi) is 8.40. The molecule has 0 bridgehead atoms. The minimum atomic E-state index is 0.335. The van der Waals surface area contributed by atoms with E-state index in [1.54, 1.807) is 7.11 Å². The Morgan fingerprint density at radius 3 is 2.54 bits per heavy atom. The van der Waals surface area contributed by atoms with Crippen LogP contribution in [0.4, 0.5) is 0 Å². The molecular weight excluding hydrogens is 164 g/mol. The van der Waals surface area contributed by atoms with E-state index < -0.39 is 0 Å². The van der Waals surface area contributed by atoms with Gasteiger partial charge in [0.25, 0.3) is 0 Å². The van der Waals surface area contributed by atoms with Gasteiger partial charge in [0.05, 0.1) is 6.10 Å². The third-order valence-electron chi connectivity index (χ3n) is 2.22. The maximum absolute atomic E-state index is 5.23. The molecule has 0 heterocycles. The van der Waals surface area contributed by atoms with E-state index in [2.05, 4.69) is 31.0 Å². The minimum Gasteiger partial charge on any atom is -0.380 e. The maximum atomic E-state index is 5.23. The number of hydrogen-bond donors (Lipinski definition) is 1. The second-order valence-electron chi connectivity index (χ2n) is 3.29. The summed E-state index contributed by atoms with van der Waals surface area (Å²) in [4.78, 5) is 2.40. The zero-order chi connectivity index (χ0) is 10.1. The molecule has 0 saturated heterocycles. The molecule has 0 amide bonds. The van der Waals surface area contributed by atoms with E-state index in [1.807, 2.05) is 0 Å². The van der Waals surface area contributed by atoms with Crippen molar-refractivity contribution in [3.63, 3.8) is 0 Å². The lowest BCUT2D eigenvalue weighted by atomic mass is 10.3. The fraction of sp³-hybridized carbons (Fsp3) is 1.00. The first-order chi connectivity index (χ1) is 6.24. The molecule has 80 valence electrons. The Labute approximate surface area is 82.4 Å². The lowest BCUT2D eigenvalue weighted by molar-refractivity contribution is 0.0792. The highest BCUT2D eigenvalue weighted by Gasteiger charge is 2.06. The van der Waals surface area contributed by atoms with Crippen molar-refractivity contribution >= 4 is 0 Å². The van der Waals surface area contributed by atoms with Crippen LogP contribution in [-0.2, 0) is 4.74 Å². The molecule has 1 unspecified atom stereocenters. The summed E-state index contributed by atoms with van der Waals surface area (Å²) in [6.07, 6.45) is 0.335. The molecule has 13 heavy (non-hydrogen) atoms. The predicted molar refractivity (Wildman–Crippen MR) is 57.1 cm³/mol. The second kappa shape index (κ2) is 8.48. The second-order valence-corrected chi connectivity index (χ2v) is 3.29. The zero-order valence-electron chi connectivity index (χ0n) is 9.47. The third kappa shape index (κ3) is 6.99. The van der Waals surface area contributed by atoms with E-state index in [4.69, 9.17) is 4.74 Å². The largest absolute Gasteiger partial charge is 0.380 e. The van der Waals surface area contributed by atoms with Crippen molar-refractivity contribution in [3.05, 3.63) is 0 Å². The first-order valence-electron chi connectivity index (χ1n) is 5.20. The lowest BCUT2D eigenvalue weighted by Gasteiger charge is -2.23. The molecule has 0 aliphatic carbocycles. The summed E-state index contributed by atoms with van der Waals surface area (Å²) in [5.41, 5.74) is 0. The van der Waals surface area contributed by atoms with E-state index in [9.17, 15) is 0 Å². The SMILES string of the molecule is CCNCCN(CC)CC(C)OC. The minimum absolute atomic E-state index is 0.335. The topological polar surface area (TPSA) is 24.5 Å². The summed E-state index contributed by atoms with van der Waals surface area (Å²) < 4.78 is 5.23. The fourth-order valence-corrected chi connectivity index (χ4v) is 1.23. The van der Waals surface area contributed by atoms with Crippen LogP contribution in [0.2, 0.25) is 0 Å². The van der Waals surface area contributed by atoms with Crippen LogP contribution in [0.3, 0.4) is 0 Å². The highest BCUT2D eigenvalue weighted by Crippen LogP contribution is 1.94. The lowest BCUT2D eigenvalue weighted by Crippen LogP contribution is -2.37. The van der Waals surface area contributed by atoms with Crippen molar-refractivity contribution in [1.29, 1.82) is 0 Å². The smallest absolute Gasteiger partial charge is 0.0670 e. The summed E-state index contributed by atoms with van der Waals surface area (Å²) in [6.45, 7) is 11.8. The van der Waals surface area contributed by atoms with E-state index >= 15 is 0 Å². The molecule has 1 atom stereocenters. The number of methoxy groups -OCH3 is 1. The molecule has 0 radical (unpaired) electrons. The Balaban J connectivity index is 3.50. The molecule has 0 aromatic rings. The highest BCUT2D eigenvalue weighted by molar-refractivity contribution is 4.61. The van der Waals surface area contributed by atoms with Gasteiger partial charge < -0.3 is 10.1 Å². The van der Waals surface area contributed by atoms with E-state index in [-0.39, 0.29) is 0 Å². The maximum Gasteiger partial charge on any atom is 0.0670 e. The summed E-state index contributed by atoms with van der Waals surface area (Å²) in [5, 5.41) is 3.32. The van der Waals surface area contributed by atoms with Gasteiger partial charge in [-0.15, -0.1) is 0 Å². The molecule has 0 aromatic carbocycles. The van der Waals surface area contributed by atoms with Crippen LogP contribution in [0.1, 0.15) is 20.8 Å². The van der Waals surface area contributed by atoms with Gasteiger partial charge in [0.1, 0.15) is 0 Å². The van der Waals surface area contributed by atoms with E-state index in [0.29, 0.717) is 6.10 Å². The monoisotopic (exact) mass is 188 g/mol. The molecule has 0 aliphatic rings. The molecule has 1 N–H and O–H groups in total. The van der Waals surface area contributed by atoms with Crippen LogP contribution < -0.4 is 5.32 Å². The molecule has 0 rings (SSSR count). The van der Waals surface area contributed by atoms with Crippen molar-refractivity contribution in [1.82, 2.24) is 10.2 Å². The van der Waals surface area contributed by atoms with Gasteiger partial charge in [-0.25, -0.2) is 0 Å². The quantitative estimate of drug-likeness (QED) is 0.574. The highest BCUT2D eigenvalue weighted by atomic mass is 16.5. The standard InChI is InChI=1S/C10H24N2O/c1-5-11-7-8-12(6-2)9-10(3)13-4/h10-11H,5-9H2,1-4H3. The van der Waals surface area contributed by atoms with Gasteiger partial charge >= 0.3 is 0 Å². The first-order valence-corrected chi connectivity index (χ1v) is 5.20. The average molecular weight is 188 g/mol. The fourth-order valence-electron chi connectivity index (χ4n) is 1.23.